The van der Waals surface area contributed by atoms with Crippen molar-refractivity contribution in [2.75, 3.05) is 0 Å². The molecule has 1 spiro atoms. The summed E-state index contributed by atoms with van der Waals surface area (Å²) in [5, 5.41) is 0. The number of halogens is 1. The summed E-state index contributed by atoms with van der Waals surface area (Å²) in [5.74, 6) is 0. The molecule has 4 aromatic rings. The summed E-state index contributed by atoms with van der Waals surface area (Å²) in [6, 6.07) is 30.3. The average molecular weight is 538 g/mol. The zero-order valence-electron chi connectivity index (χ0n) is 19.2. The highest BCUT2D eigenvalue weighted by molar-refractivity contribution is 14.1. The van der Waals surface area contributed by atoms with E-state index < -0.39 is 0 Å². The second-order valence-corrected chi connectivity index (χ2v) is 11.6. The fourth-order valence-electron chi connectivity index (χ4n) is 7.41. The van der Waals surface area contributed by atoms with Crippen LogP contribution in [0.1, 0.15) is 66.0 Å². The van der Waals surface area contributed by atoms with Crippen LogP contribution in [0.4, 0.5) is 0 Å². The fraction of sp³-hybridized carbons (Fsp3) is 0.250. The second kappa shape index (κ2) is 6.82. The Morgan fingerprint density at radius 1 is 0.667 bits per heavy atom. The summed E-state index contributed by atoms with van der Waals surface area (Å²) >= 11 is 2.59. The van der Waals surface area contributed by atoms with Gasteiger partial charge in [-0.2, -0.15) is 0 Å². The molecule has 1 unspecified atom stereocenters. The van der Waals surface area contributed by atoms with Crippen molar-refractivity contribution in [3.63, 3.8) is 0 Å². The lowest BCUT2D eigenvalue weighted by atomic mass is 9.70. The summed E-state index contributed by atoms with van der Waals surface area (Å²) in [4.78, 5) is 0. The predicted molar refractivity (Wildman–Crippen MR) is 146 cm³/mol. The van der Waals surface area contributed by atoms with Crippen molar-refractivity contribution in [3.8, 4) is 22.3 Å². The first-order valence-corrected chi connectivity index (χ1v) is 13.3. The Morgan fingerprint density at radius 2 is 1.33 bits per heavy atom. The Kier molecular flexibility index (Phi) is 4.14. The van der Waals surface area contributed by atoms with Crippen LogP contribution in [0.3, 0.4) is 0 Å². The highest BCUT2D eigenvalue weighted by Gasteiger charge is 2.50. The van der Waals surface area contributed by atoms with E-state index in [0.29, 0.717) is 0 Å². The van der Waals surface area contributed by atoms with Crippen LogP contribution in [0.5, 0.6) is 0 Å². The van der Waals surface area contributed by atoms with Gasteiger partial charge in [-0.25, -0.2) is 0 Å². The van der Waals surface area contributed by atoms with Crippen molar-refractivity contribution in [3.05, 3.63) is 116 Å². The molecule has 162 valence electrons. The molecule has 4 aromatic carbocycles. The first-order chi connectivity index (χ1) is 16.1. The van der Waals surface area contributed by atoms with Gasteiger partial charge in [-0.05, 0) is 105 Å². The third-order valence-electron chi connectivity index (χ3n) is 8.81. The van der Waals surface area contributed by atoms with Gasteiger partial charge in [-0.3, -0.25) is 0 Å². The van der Waals surface area contributed by atoms with Gasteiger partial charge in [-0.15, -0.1) is 0 Å². The van der Waals surface area contributed by atoms with Crippen molar-refractivity contribution in [2.45, 2.75) is 50.4 Å². The molecule has 0 heterocycles. The molecule has 0 aliphatic heterocycles. The van der Waals surface area contributed by atoms with Crippen LogP contribution in [0.2, 0.25) is 0 Å². The van der Waals surface area contributed by atoms with E-state index in [4.69, 9.17) is 0 Å². The van der Waals surface area contributed by atoms with Crippen LogP contribution >= 0.6 is 22.6 Å². The monoisotopic (exact) mass is 538 g/mol. The average Bonchev–Trinajstić information content (AvgIpc) is 3.50. The van der Waals surface area contributed by atoms with Crippen molar-refractivity contribution >= 4 is 22.6 Å². The van der Waals surface area contributed by atoms with Crippen LogP contribution in [-0.2, 0) is 10.8 Å². The molecular weight excluding hydrogens is 511 g/mol. The van der Waals surface area contributed by atoms with Crippen LogP contribution in [0.15, 0.2) is 78.9 Å². The Balaban J connectivity index is 1.61. The largest absolute Gasteiger partial charge is 0.0619 e. The molecule has 0 N–H and O–H groups in total. The Hall–Kier alpha value is -2.39. The van der Waals surface area contributed by atoms with Gasteiger partial charge in [0.25, 0.3) is 0 Å². The lowest BCUT2D eigenvalue weighted by Gasteiger charge is -2.32. The van der Waals surface area contributed by atoms with Crippen molar-refractivity contribution in [2.24, 2.45) is 0 Å². The van der Waals surface area contributed by atoms with Gasteiger partial charge in [0.2, 0.25) is 0 Å². The maximum absolute atomic E-state index is 2.59. The highest BCUT2D eigenvalue weighted by Crippen LogP contribution is 2.62. The van der Waals surface area contributed by atoms with Crippen LogP contribution in [0, 0.1) is 10.5 Å². The highest BCUT2D eigenvalue weighted by atomic mass is 127. The van der Waals surface area contributed by atoms with Crippen LogP contribution in [-0.4, -0.2) is 0 Å². The molecule has 0 radical (unpaired) electrons. The smallest absolute Gasteiger partial charge is 0.0441 e. The first-order valence-electron chi connectivity index (χ1n) is 12.2. The molecular formula is C32H27I. The number of hydrogen-bond acceptors (Lipinski definition) is 0. The third-order valence-corrected chi connectivity index (χ3v) is 9.71. The summed E-state index contributed by atoms with van der Waals surface area (Å²) < 4.78 is 1.43. The number of rotatable bonds is 1. The number of hydrogen-bond donors (Lipinski definition) is 0. The minimum Gasteiger partial charge on any atom is -0.0619 e. The SMILES string of the molecule is Cc1ccc2c(c1)C(C)(c1cccc3c1-c1cccc(I)c1C31CCCC1)c1ccccc1-2. The molecule has 0 amide bonds. The second-order valence-electron chi connectivity index (χ2n) is 10.4. The maximum atomic E-state index is 2.59. The summed E-state index contributed by atoms with van der Waals surface area (Å²) in [5.41, 5.74) is 14.7. The van der Waals surface area contributed by atoms with E-state index in [9.17, 15) is 0 Å². The minimum atomic E-state index is -0.161. The molecule has 0 nitrogen and oxygen atoms in total. The maximum Gasteiger partial charge on any atom is 0.0441 e. The van der Waals surface area contributed by atoms with Crippen molar-refractivity contribution in [1.82, 2.24) is 0 Å². The van der Waals surface area contributed by atoms with Gasteiger partial charge in [-0.1, -0.05) is 91.2 Å². The van der Waals surface area contributed by atoms with Gasteiger partial charge in [0.05, 0.1) is 0 Å². The standard InChI is InChI=1S/C32H27I/c1-20-15-16-22-21-9-3-4-11-24(21)31(2,27(22)19-20)25-12-8-13-26-29(25)23-10-7-14-28(33)30(23)32(26)17-5-6-18-32/h3-4,7-16,19H,5-6,17-18H2,1-2H3. The van der Waals surface area contributed by atoms with Crippen LogP contribution in [0.25, 0.3) is 22.3 Å². The molecule has 3 aliphatic rings. The third kappa shape index (κ3) is 2.42. The number of benzene rings is 4. The Labute approximate surface area is 210 Å². The van der Waals surface area contributed by atoms with Crippen molar-refractivity contribution in [1.29, 1.82) is 0 Å². The normalized spacial score (nSPS) is 21.1. The van der Waals surface area contributed by atoms with Gasteiger partial charge >= 0.3 is 0 Å². The van der Waals surface area contributed by atoms with E-state index in [2.05, 4.69) is 115 Å². The van der Waals surface area contributed by atoms with E-state index >= 15 is 0 Å². The van der Waals surface area contributed by atoms with E-state index in [1.807, 2.05) is 0 Å². The van der Waals surface area contributed by atoms with E-state index in [0.717, 1.165) is 0 Å². The van der Waals surface area contributed by atoms with Crippen LogP contribution < -0.4 is 0 Å². The zero-order valence-corrected chi connectivity index (χ0v) is 21.4. The molecule has 7 rings (SSSR count). The van der Waals surface area contributed by atoms with Gasteiger partial charge in [0.15, 0.2) is 0 Å². The lowest BCUT2D eigenvalue weighted by Crippen LogP contribution is -2.25. The molecule has 1 fully saturated rings. The minimum absolute atomic E-state index is 0.161. The van der Waals surface area contributed by atoms with Gasteiger partial charge in [0, 0.05) is 14.4 Å². The summed E-state index contributed by atoms with van der Waals surface area (Å²) in [6.45, 7) is 4.70. The molecule has 3 aliphatic carbocycles. The fourth-order valence-corrected chi connectivity index (χ4v) is 8.42. The van der Waals surface area contributed by atoms with E-state index in [1.54, 1.807) is 11.1 Å². The quantitative estimate of drug-likeness (QED) is 0.213. The van der Waals surface area contributed by atoms with Gasteiger partial charge in [0.1, 0.15) is 0 Å². The Morgan fingerprint density at radius 3 is 2.18 bits per heavy atom. The molecule has 0 bridgehead atoms. The predicted octanol–water partition coefficient (Wildman–Crippen LogP) is 8.77. The summed E-state index contributed by atoms with van der Waals surface area (Å²) in [7, 11) is 0. The zero-order chi connectivity index (χ0) is 22.4. The number of fused-ring (bicyclic) bond motifs is 8. The molecule has 0 aromatic heterocycles. The lowest BCUT2D eigenvalue weighted by molar-refractivity contribution is 0.546. The molecule has 1 atom stereocenters. The molecule has 1 saturated carbocycles. The first kappa shape index (κ1) is 20.0. The Bertz CT molecular complexity index is 1450. The molecule has 33 heavy (non-hydrogen) atoms. The molecule has 1 heteroatoms. The van der Waals surface area contributed by atoms with Crippen molar-refractivity contribution < 1.29 is 0 Å². The number of aryl methyl sites for hydroxylation is 1. The van der Waals surface area contributed by atoms with E-state index in [-0.39, 0.29) is 10.8 Å². The topological polar surface area (TPSA) is 0 Å². The van der Waals surface area contributed by atoms with Gasteiger partial charge < -0.3 is 0 Å². The summed E-state index contributed by atoms with van der Waals surface area (Å²) in [6.07, 6.45) is 5.21. The molecule has 0 saturated heterocycles. The van der Waals surface area contributed by atoms with E-state index in [1.165, 1.54) is 73.8 Å².